The fraction of sp³-hybridized carbons (Fsp3) is 0.286. The maximum absolute atomic E-state index is 11.2. The molecule has 0 fully saturated rings. The van der Waals surface area contributed by atoms with E-state index in [-0.39, 0.29) is 5.91 Å². The van der Waals surface area contributed by atoms with E-state index in [9.17, 15) is 4.79 Å². The van der Waals surface area contributed by atoms with E-state index >= 15 is 0 Å². The molecule has 4 nitrogen and oxygen atoms in total. The first-order valence-electron chi connectivity index (χ1n) is 3.42. The molecule has 0 aliphatic heterocycles. The fourth-order valence-corrected chi connectivity index (χ4v) is 0.926. The first-order valence-corrected chi connectivity index (χ1v) is 3.79. The van der Waals surface area contributed by atoms with Crippen molar-refractivity contribution in [3.63, 3.8) is 0 Å². The van der Waals surface area contributed by atoms with E-state index < -0.39 is 0 Å². The summed E-state index contributed by atoms with van der Waals surface area (Å²) >= 11 is 5.62. The summed E-state index contributed by atoms with van der Waals surface area (Å²) in [5.74, 6) is -0.202. The smallest absolute Gasteiger partial charge is 0.282 e. The van der Waals surface area contributed by atoms with Crippen molar-refractivity contribution in [1.29, 1.82) is 0 Å². The second-order valence-corrected chi connectivity index (χ2v) is 3.00. The average Bonchev–Trinajstić information content (AvgIpc) is 2.34. The second kappa shape index (κ2) is 3.60. The van der Waals surface area contributed by atoms with Crippen LogP contribution in [-0.4, -0.2) is 30.0 Å². The first-order chi connectivity index (χ1) is 5.59. The Morgan fingerprint density at radius 3 is 2.75 bits per heavy atom. The highest BCUT2D eigenvalue weighted by molar-refractivity contribution is 6.30. The number of rotatable bonds is 2. The van der Waals surface area contributed by atoms with Crippen LogP contribution in [0.15, 0.2) is 12.3 Å². The molecule has 0 aromatic carbocycles. The molecule has 0 bridgehead atoms. The van der Waals surface area contributed by atoms with Crippen LogP contribution in [-0.2, 0) is 0 Å². The molecule has 0 spiro atoms. The number of halogens is 1. The summed E-state index contributed by atoms with van der Waals surface area (Å²) < 4.78 is 0. The minimum absolute atomic E-state index is 0.202. The van der Waals surface area contributed by atoms with E-state index in [0.717, 1.165) is 0 Å². The standard InChI is InChI=1S/C7H10ClN3O/c1-11(2)10-7(12)6-3-5(8)4-9-6/h3-4,9H,1-2H3,(H,10,12). The minimum Gasteiger partial charge on any atom is -0.356 e. The van der Waals surface area contributed by atoms with Gasteiger partial charge in [0.2, 0.25) is 0 Å². The van der Waals surface area contributed by atoms with Gasteiger partial charge in [-0.1, -0.05) is 11.6 Å². The molecule has 0 saturated heterocycles. The molecule has 0 unspecified atom stereocenters. The van der Waals surface area contributed by atoms with Crippen molar-refractivity contribution in [3.8, 4) is 0 Å². The number of hydrogen-bond acceptors (Lipinski definition) is 2. The molecular weight excluding hydrogens is 178 g/mol. The van der Waals surface area contributed by atoms with Gasteiger partial charge < -0.3 is 4.98 Å². The Bertz CT molecular complexity index is 282. The van der Waals surface area contributed by atoms with E-state index in [1.165, 1.54) is 0 Å². The van der Waals surface area contributed by atoms with Crippen LogP contribution in [0.1, 0.15) is 10.5 Å². The van der Waals surface area contributed by atoms with Crippen molar-refractivity contribution >= 4 is 17.5 Å². The van der Waals surface area contributed by atoms with Gasteiger partial charge in [0.25, 0.3) is 5.91 Å². The highest BCUT2D eigenvalue weighted by Gasteiger charge is 2.07. The van der Waals surface area contributed by atoms with Gasteiger partial charge in [0, 0.05) is 20.3 Å². The van der Waals surface area contributed by atoms with Crippen molar-refractivity contribution in [2.45, 2.75) is 0 Å². The Morgan fingerprint density at radius 2 is 2.33 bits per heavy atom. The summed E-state index contributed by atoms with van der Waals surface area (Å²) in [6, 6.07) is 1.57. The molecular formula is C7H10ClN3O. The quantitative estimate of drug-likeness (QED) is 0.676. The van der Waals surface area contributed by atoms with Gasteiger partial charge in [0.15, 0.2) is 0 Å². The maximum atomic E-state index is 11.2. The maximum Gasteiger partial charge on any atom is 0.282 e. The second-order valence-electron chi connectivity index (χ2n) is 2.57. The Kier molecular flexibility index (Phi) is 2.73. The largest absolute Gasteiger partial charge is 0.356 e. The molecule has 0 aliphatic rings. The lowest BCUT2D eigenvalue weighted by Gasteiger charge is -2.09. The van der Waals surface area contributed by atoms with Gasteiger partial charge in [0.05, 0.1) is 5.02 Å². The molecule has 0 atom stereocenters. The van der Waals surface area contributed by atoms with Crippen molar-refractivity contribution < 1.29 is 4.79 Å². The Morgan fingerprint density at radius 1 is 1.67 bits per heavy atom. The molecule has 5 heteroatoms. The third kappa shape index (κ3) is 2.25. The average molecular weight is 188 g/mol. The van der Waals surface area contributed by atoms with Crippen LogP contribution in [0.4, 0.5) is 0 Å². The van der Waals surface area contributed by atoms with Gasteiger partial charge in [-0.2, -0.15) is 0 Å². The van der Waals surface area contributed by atoms with Crippen molar-refractivity contribution in [2.24, 2.45) is 0 Å². The van der Waals surface area contributed by atoms with Gasteiger partial charge in [-0.15, -0.1) is 0 Å². The van der Waals surface area contributed by atoms with Crippen LogP contribution in [0.2, 0.25) is 5.02 Å². The minimum atomic E-state index is -0.202. The van der Waals surface area contributed by atoms with Crippen LogP contribution in [0.25, 0.3) is 0 Å². The number of aromatic nitrogens is 1. The molecule has 0 radical (unpaired) electrons. The summed E-state index contributed by atoms with van der Waals surface area (Å²) in [6.07, 6.45) is 1.56. The molecule has 1 rings (SSSR count). The summed E-state index contributed by atoms with van der Waals surface area (Å²) in [7, 11) is 3.48. The van der Waals surface area contributed by atoms with E-state index in [0.29, 0.717) is 10.7 Å². The fourth-order valence-electron chi connectivity index (χ4n) is 0.762. The number of carbonyl (C=O) groups excluding carboxylic acids is 1. The summed E-state index contributed by atoms with van der Waals surface area (Å²) in [5, 5.41) is 2.09. The number of aromatic amines is 1. The van der Waals surface area contributed by atoms with Gasteiger partial charge in [-0.05, 0) is 6.07 Å². The zero-order chi connectivity index (χ0) is 9.14. The lowest BCUT2D eigenvalue weighted by molar-refractivity contribution is 0.0852. The number of carbonyl (C=O) groups is 1. The number of nitrogens with one attached hydrogen (secondary N) is 2. The number of H-pyrrole nitrogens is 1. The molecule has 0 saturated carbocycles. The zero-order valence-electron chi connectivity index (χ0n) is 6.89. The molecule has 12 heavy (non-hydrogen) atoms. The van der Waals surface area contributed by atoms with Crippen LogP contribution in [0, 0.1) is 0 Å². The van der Waals surface area contributed by atoms with Gasteiger partial charge in [-0.3, -0.25) is 10.2 Å². The predicted octanol–water partition coefficient (Wildman–Crippen LogP) is 0.874. The molecule has 1 aromatic rings. The van der Waals surface area contributed by atoms with Gasteiger partial charge in [0.1, 0.15) is 5.69 Å². The lowest BCUT2D eigenvalue weighted by atomic mass is 10.4. The molecule has 66 valence electrons. The summed E-state index contributed by atoms with van der Waals surface area (Å²) in [6.45, 7) is 0. The molecule has 1 aromatic heterocycles. The van der Waals surface area contributed by atoms with Crippen molar-refractivity contribution in [3.05, 3.63) is 23.0 Å². The summed E-state index contributed by atoms with van der Waals surface area (Å²) in [5.41, 5.74) is 3.03. The highest BCUT2D eigenvalue weighted by Crippen LogP contribution is 2.08. The Hall–Kier alpha value is -1.00. The van der Waals surface area contributed by atoms with E-state index in [1.807, 2.05) is 0 Å². The third-order valence-corrected chi connectivity index (χ3v) is 1.44. The number of amides is 1. The summed E-state index contributed by atoms with van der Waals surface area (Å²) in [4.78, 5) is 14.0. The van der Waals surface area contributed by atoms with Crippen molar-refractivity contribution in [2.75, 3.05) is 14.1 Å². The van der Waals surface area contributed by atoms with E-state index in [2.05, 4.69) is 10.4 Å². The van der Waals surface area contributed by atoms with E-state index in [1.54, 1.807) is 31.4 Å². The number of hydrogen-bond donors (Lipinski definition) is 2. The van der Waals surface area contributed by atoms with Crippen molar-refractivity contribution in [1.82, 2.24) is 15.4 Å². The normalized spacial score (nSPS) is 10.3. The topological polar surface area (TPSA) is 48.1 Å². The Labute approximate surface area is 75.5 Å². The molecule has 1 amide bonds. The zero-order valence-corrected chi connectivity index (χ0v) is 7.64. The van der Waals surface area contributed by atoms with Gasteiger partial charge >= 0.3 is 0 Å². The highest BCUT2D eigenvalue weighted by atomic mass is 35.5. The molecule has 1 heterocycles. The van der Waals surface area contributed by atoms with E-state index in [4.69, 9.17) is 11.6 Å². The Balaban J connectivity index is 2.65. The first kappa shape index (κ1) is 9.09. The lowest BCUT2D eigenvalue weighted by Crippen LogP contribution is -2.36. The number of nitrogens with zero attached hydrogens (tertiary/aromatic N) is 1. The predicted molar refractivity (Wildman–Crippen MR) is 47.0 cm³/mol. The number of hydrazine groups is 1. The van der Waals surface area contributed by atoms with Gasteiger partial charge in [-0.25, -0.2) is 5.01 Å². The SMILES string of the molecule is CN(C)NC(=O)c1cc(Cl)c[nH]1. The van der Waals surface area contributed by atoms with Crippen LogP contribution in [0.3, 0.4) is 0 Å². The van der Waals surface area contributed by atoms with Crippen LogP contribution >= 0.6 is 11.6 Å². The van der Waals surface area contributed by atoms with Crippen LogP contribution in [0.5, 0.6) is 0 Å². The third-order valence-electron chi connectivity index (χ3n) is 1.22. The molecule has 0 aliphatic carbocycles. The monoisotopic (exact) mass is 187 g/mol. The van der Waals surface area contributed by atoms with Crippen LogP contribution < -0.4 is 5.43 Å². The molecule has 2 N–H and O–H groups in total.